The van der Waals surface area contributed by atoms with Crippen LogP contribution in [-0.2, 0) is 30.0 Å². The smallest absolute Gasteiger partial charge is 0.401 e. The van der Waals surface area contributed by atoms with Crippen molar-refractivity contribution in [3.63, 3.8) is 0 Å². The molecule has 3 atom stereocenters. The molecule has 0 radical (unpaired) electrons. The summed E-state index contributed by atoms with van der Waals surface area (Å²) >= 11 is 0. The molecule has 1 saturated heterocycles. The Bertz CT molecular complexity index is 1260. The molecule has 1 aliphatic heterocycles. The van der Waals surface area contributed by atoms with Crippen LogP contribution >= 0.6 is 0 Å². The van der Waals surface area contributed by atoms with Gasteiger partial charge < -0.3 is 23.9 Å². The van der Waals surface area contributed by atoms with E-state index in [1.165, 1.54) is 0 Å². The monoisotopic (exact) mass is 576 g/mol. The molecule has 1 N–H and O–H groups in total. The zero-order chi connectivity index (χ0) is 30.3. The fourth-order valence-corrected chi connectivity index (χ4v) is 6.60. The molecule has 3 unspecified atom stereocenters. The van der Waals surface area contributed by atoms with Gasteiger partial charge in [-0.2, -0.15) is 0 Å². The number of hydrogen-bond acceptors (Lipinski definition) is 5. The van der Waals surface area contributed by atoms with Gasteiger partial charge in [0, 0.05) is 26.6 Å². The Labute approximate surface area is 256 Å². The van der Waals surface area contributed by atoms with Crippen LogP contribution in [0.2, 0.25) is 5.82 Å². The topological polar surface area (TPSA) is 57.2 Å². The highest BCUT2D eigenvalue weighted by molar-refractivity contribution is 6.48. The molecule has 5 nitrogen and oxygen atoms in total. The lowest BCUT2D eigenvalue weighted by Gasteiger charge is -2.47. The van der Waals surface area contributed by atoms with Crippen LogP contribution in [-0.4, -0.2) is 45.3 Å². The molecule has 4 aromatic carbocycles. The van der Waals surface area contributed by atoms with Gasteiger partial charge in [-0.3, -0.25) is 0 Å². The average molecular weight is 577 g/mol. The third-order valence-electron chi connectivity index (χ3n) is 8.45. The van der Waals surface area contributed by atoms with Crippen LogP contribution < -0.4 is 0 Å². The maximum atomic E-state index is 10.1. The van der Waals surface area contributed by atoms with Crippen molar-refractivity contribution in [2.45, 2.75) is 49.5 Å². The molecule has 222 valence electrons. The predicted molar refractivity (Wildman–Crippen MR) is 172 cm³/mol. The van der Waals surface area contributed by atoms with E-state index in [0.717, 1.165) is 27.8 Å². The van der Waals surface area contributed by atoms with Crippen LogP contribution in [0.1, 0.15) is 42.5 Å². The normalized spacial score (nSPS) is 17.9. The molecular weight excluding hydrogens is 535 g/mol. The highest BCUT2D eigenvalue weighted by Gasteiger charge is 2.62. The second kappa shape index (κ2) is 13.9. The van der Waals surface area contributed by atoms with Gasteiger partial charge in [0.1, 0.15) is 23.4 Å². The number of methoxy groups -OCH3 is 2. The summed E-state index contributed by atoms with van der Waals surface area (Å²) in [5.74, 6) is -0.190. The third kappa shape index (κ3) is 5.86. The molecular formula is C37H41BO5. The Morgan fingerprint density at radius 2 is 1.00 bits per heavy atom. The molecule has 1 heterocycles. The van der Waals surface area contributed by atoms with Gasteiger partial charge in [-0.25, -0.2) is 0 Å². The van der Waals surface area contributed by atoms with E-state index >= 15 is 0 Å². The molecule has 43 heavy (non-hydrogen) atoms. The molecule has 4 aromatic rings. The summed E-state index contributed by atoms with van der Waals surface area (Å²) in [6, 6.07) is 40.7. The molecule has 0 aliphatic carbocycles. The molecule has 1 aliphatic rings. The summed E-state index contributed by atoms with van der Waals surface area (Å²) in [7, 11) is 2.80. The number of allylic oxidation sites excluding steroid dienone is 2. The Hall–Kier alpha value is -3.52. The molecule has 0 amide bonds. The number of benzene rings is 4. The number of aliphatic hydroxyl groups is 1. The Morgan fingerprint density at radius 3 is 1.26 bits per heavy atom. The first kappa shape index (κ1) is 30.9. The fourth-order valence-electron chi connectivity index (χ4n) is 6.60. The first-order valence-electron chi connectivity index (χ1n) is 14.9. The summed E-state index contributed by atoms with van der Waals surface area (Å²) in [5, 5.41) is 10.1. The van der Waals surface area contributed by atoms with Crippen molar-refractivity contribution >= 4 is 7.12 Å². The standard InChI is InChI=1S/C37H41BO5/c1-28(2)27-33(25-26-39)38-42-34(36(40-3,29-17-9-5-10-18-29)30-19-11-6-12-20-30)35(43-38)37(41-4,31-21-13-7-14-22-31)32-23-15-8-16-24-32/h5-24,27,33-35,39H,25-26H2,1-4H3. The van der Waals surface area contributed by atoms with Crippen LogP contribution in [0, 0.1) is 0 Å². The Balaban J connectivity index is 1.81. The molecule has 5 rings (SSSR count). The summed E-state index contributed by atoms with van der Waals surface area (Å²) < 4.78 is 27.6. The summed E-state index contributed by atoms with van der Waals surface area (Å²) in [6.45, 7) is 4.11. The largest absolute Gasteiger partial charge is 0.465 e. The van der Waals surface area contributed by atoms with Gasteiger partial charge in [0.2, 0.25) is 0 Å². The maximum absolute atomic E-state index is 10.1. The first-order chi connectivity index (χ1) is 21.0. The zero-order valence-corrected chi connectivity index (χ0v) is 25.4. The van der Waals surface area contributed by atoms with Gasteiger partial charge in [-0.1, -0.05) is 133 Å². The highest BCUT2D eigenvalue weighted by atomic mass is 16.7. The van der Waals surface area contributed by atoms with Gasteiger partial charge in [0.25, 0.3) is 0 Å². The second-order valence-electron chi connectivity index (χ2n) is 11.2. The second-order valence-corrected chi connectivity index (χ2v) is 11.2. The molecule has 0 saturated carbocycles. The van der Waals surface area contributed by atoms with Gasteiger partial charge in [0.15, 0.2) is 0 Å². The molecule has 0 spiro atoms. The van der Waals surface area contributed by atoms with Crippen molar-refractivity contribution in [2.24, 2.45) is 0 Å². The molecule has 0 aromatic heterocycles. The van der Waals surface area contributed by atoms with E-state index in [4.69, 9.17) is 18.8 Å². The van der Waals surface area contributed by atoms with Crippen molar-refractivity contribution in [1.82, 2.24) is 0 Å². The minimum atomic E-state index is -1.07. The van der Waals surface area contributed by atoms with E-state index < -0.39 is 30.5 Å². The van der Waals surface area contributed by atoms with Crippen LogP contribution in [0.15, 0.2) is 133 Å². The predicted octanol–water partition coefficient (Wildman–Crippen LogP) is 7.16. The van der Waals surface area contributed by atoms with E-state index in [-0.39, 0.29) is 12.4 Å². The average Bonchev–Trinajstić information content (AvgIpc) is 3.50. The van der Waals surface area contributed by atoms with Crippen LogP contribution in [0.25, 0.3) is 0 Å². The summed E-state index contributed by atoms with van der Waals surface area (Å²) in [6.07, 6.45) is 1.28. The van der Waals surface area contributed by atoms with E-state index in [1.54, 1.807) is 14.2 Å². The quantitative estimate of drug-likeness (QED) is 0.143. The Morgan fingerprint density at radius 1 is 0.674 bits per heavy atom. The lowest BCUT2D eigenvalue weighted by molar-refractivity contribution is -0.136. The number of aliphatic hydroxyl groups excluding tert-OH is 1. The summed E-state index contributed by atoms with van der Waals surface area (Å²) in [4.78, 5) is 0. The zero-order valence-electron chi connectivity index (χ0n) is 25.4. The van der Waals surface area contributed by atoms with Crippen molar-refractivity contribution in [3.8, 4) is 0 Å². The van der Waals surface area contributed by atoms with Crippen LogP contribution in [0.5, 0.6) is 0 Å². The van der Waals surface area contributed by atoms with E-state index in [9.17, 15) is 5.11 Å². The SMILES string of the molecule is COC(c1ccccc1)(c1ccccc1)C1OB(C(C=C(C)C)CCO)OC1C(OC)(c1ccccc1)c1ccccc1. The van der Waals surface area contributed by atoms with Gasteiger partial charge >= 0.3 is 7.12 Å². The highest BCUT2D eigenvalue weighted by Crippen LogP contribution is 2.51. The minimum Gasteiger partial charge on any atom is -0.401 e. The van der Waals surface area contributed by atoms with Crippen LogP contribution in [0.3, 0.4) is 0 Å². The number of ether oxygens (including phenoxy) is 2. The maximum Gasteiger partial charge on any atom is 0.465 e. The van der Waals surface area contributed by atoms with Gasteiger partial charge in [0.05, 0.1) is 0 Å². The number of hydrogen-bond donors (Lipinski definition) is 1. The Kier molecular flexibility index (Phi) is 9.96. The minimum absolute atomic E-state index is 0.00653. The number of rotatable bonds is 12. The molecule has 0 bridgehead atoms. The van der Waals surface area contributed by atoms with Crippen molar-refractivity contribution < 1.29 is 23.9 Å². The van der Waals surface area contributed by atoms with E-state index in [2.05, 4.69) is 68.5 Å². The fraction of sp³-hybridized carbons (Fsp3) is 0.297. The van der Waals surface area contributed by atoms with Crippen LogP contribution in [0.4, 0.5) is 0 Å². The van der Waals surface area contributed by atoms with Gasteiger partial charge in [-0.05, 0) is 42.5 Å². The molecule has 1 fully saturated rings. The van der Waals surface area contributed by atoms with Crippen molar-refractivity contribution in [3.05, 3.63) is 155 Å². The van der Waals surface area contributed by atoms with E-state index in [0.29, 0.717) is 6.42 Å². The lowest BCUT2D eigenvalue weighted by Crippen LogP contribution is -2.56. The van der Waals surface area contributed by atoms with Gasteiger partial charge in [-0.15, -0.1) is 0 Å². The summed E-state index contributed by atoms with van der Waals surface area (Å²) in [5.41, 5.74) is 2.75. The molecule has 6 heteroatoms. The van der Waals surface area contributed by atoms with Crippen molar-refractivity contribution in [2.75, 3.05) is 20.8 Å². The third-order valence-corrected chi connectivity index (χ3v) is 8.45. The van der Waals surface area contributed by atoms with Crippen molar-refractivity contribution in [1.29, 1.82) is 0 Å². The van der Waals surface area contributed by atoms with E-state index in [1.807, 2.05) is 72.8 Å². The first-order valence-corrected chi connectivity index (χ1v) is 14.9. The lowest BCUT2D eigenvalue weighted by atomic mass is 9.69.